The van der Waals surface area contributed by atoms with Crippen molar-refractivity contribution in [3.63, 3.8) is 0 Å². The highest BCUT2D eigenvalue weighted by molar-refractivity contribution is 7.92. The first-order chi connectivity index (χ1) is 8.18. The summed E-state index contributed by atoms with van der Waals surface area (Å²) in [6.07, 6.45) is 6.31. The van der Waals surface area contributed by atoms with Crippen LogP contribution in [0.2, 0.25) is 0 Å². The molecule has 1 rings (SSSR count). The molecule has 0 saturated carbocycles. The van der Waals surface area contributed by atoms with Gasteiger partial charge in [-0.3, -0.25) is 16.0 Å². The molecule has 0 aromatic carbocycles. The maximum atomic E-state index is 11.8. The molecule has 0 saturated heterocycles. The number of nitrogens with two attached hydrogens (primary N) is 1. The van der Waals surface area contributed by atoms with Gasteiger partial charge in [-0.25, -0.2) is 8.42 Å². The first kappa shape index (κ1) is 15.1. The van der Waals surface area contributed by atoms with Gasteiger partial charge in [-0.15, -0.1) is 0 Å². The Labute approximate surface area is 108 Å². The van der Waals surface area contributed by atoms with Gasteiger partial charge >= 0.3 is 0 Å². The third-order valence-corrected chi connectivity index (χ3v) is 5.67. The van der Waals surface area contributed by atoms with Crippen molar-refractivity contribution < 1.29 is 8.42 Å². The summed E-state index contributed by atoms with van der Waals surface area (Å²) >= 11 is 0. The lowest BCUT2D eigenvalue weighted by Gasteiger charge is -2.32. The van der Waals surface area contributed by atoms with Crippen molar-refractivity contribution in [3.8, 4) is 0 Å². The summed E-state index contributed by atoms with van der Waals surface area (Å²) in [6, 6.07) is -0.298. The van der Waals surface area contributed by atoms with E-state index >= 15 is 0 Å². The zero-order chi connectivity index (χ0) is 14.0. The molecule has 1 unspecified atom stereocenters. The number of nitrogens with zero attached hydrogens (tertiary/aromatic N) is 2. The Morgan fingerprint density at radius 3 is 2.56 bits per heavy atom. The van der Waals surface area contributed by atoms with E-state index in [1.165, 1.54) is 6.26 Å². The summed E-state index contributed by atoms with van der Waals surface area (Å²) in [5, 5.41) is 4.08. The normalized spacial score (nSPS) is 14.7. The lowest BCUT2D eigenvalue weighted by Crippen LogP contribution is -2.54. The van der Waals surface area contributed by atoms with Crippen LogP contribution in [-0.2, 0) is 23.3 Å². The molecule has 0 aliphatic heterocycles. The number of aromatic nitrogens is 2. The van der Waals surface area contributed by atoms with Crippen molar-refractivity contribution in [1.82, 2.24) is 15.2 Å². The van der Waals surface area contributed by atoms with E-state index in [0.29, 0.717) is 6.42 Å². The van der Waals surface area contributed by atoms with E-state index in [-0.39, 0.29) is 6.04 Å². The fourth-order valence-electron chi connectivity index (χ4n) is 1.80. The van der Waals surface area contributed by atoms with Gasteiger partial charge < -0.3 is 0 Å². The Morgan fingerprint density at radius 1 is 1.56 bits per heavy atom. The minimum absolute atomic E-state index is 0.298. The lowest BCUT2D eigenvalue weighted by atomic mass is 9.97. The molecule has 0 fully saturated rings. The second-order valence-corrected chi connectivity index (χ2v) is 7.75. The summed E-state index contributed by atoms with van der Waals surface area (Å²) in [7, 11) is -1.33. The van der Waals surface area contributed by atoms with Crippen molar-refractivity contribution >= 4 is 9.84 Å². The number of hydrogen-bond acceptors (Lipinski definition) is 5. The second-order valence-electron chi connectivity index (χ2n) is 5.16. The molecule has 1 heterocycles. The molecule has 0 aliphatic carbocycles. The first-order valence-corrected chi connectivity index (χ1v) is 7.71. The highest BCUT2D eigenvalue weighted by Crippen LogP contribution is 2.23. The lowest BCUT2D eigenvalue weighted by molar-refractivity contribution is 0.394. The topological polar surface area (TPSA) is 90.0 Å². The highest BCUT2D eigenvalue weighted by Gasteiger charge is 2.38. The maximum Gasteiger partial charge on any atom is 0.154 e. The van der Waals surface area contributed by atoms with Crippen LogP contribution in [0.25, 0.3) is 0 Å². The minimum atomic E-state index is -3.18. The van der Waals surface area contributed by atoms with Gasteiger partial charge in [0.2, 0.25) is 0 Å². The van der Waals surface area contributed by atoms with Gasteiger partial charge in [0, 0.05) is 25.5 Å². The zero-order valence-corrected chi connectivity index (χ0v) is 12.2. The van der Waals surface area contributed by atoms with Crippen molar-refractivity contribution in [2.24, 2.45) is 12.9 Å². The molecule has 0 aliphatic rings. The largest absolute Gasteiger partial charge is 0.276 e. The highest BCUT2D eigenvalue weighted by atomic mass is 32.2. The van der Waals surface area contributed by atoms with Crippen molar-refractivity contribution in [2.45, 2.75) is 37.5 Å². The fraction of sp³-hybridized carbons (Fsp3) is 0.727. The van der Waals surface area contributed by atoms with Crippen molar-refractivity contribution in [2.75, 3.05) is 6.26 Å². The van der Waals surface area contributed by atoms with Gasteiger partial charge in [0.15, 0.2) is 9.84 Å². The number of hydrogen-bond donors (Lipinski definition) is 2. The standard InChI is InChI=1S/C11H22N4O2S/c1-11(2,18(4,16)17)10(14-12)6-5-9-7-13-15(3)8-9/h7-8,10,14H,5-6,12H2,1-4H3. The molecule has 1 atom stereocenters. The Hall–Kier alpha value is -0.920. The van der Waals surface area contributed by atoms with E-state index < -0.39 is 14.6 Å². The molecular formula is C11H22N4O2S. The quantitative estimate of drug-likeness (QED) is 0.563. The van der Waals surface area contributed by atoms with E-state index in [9.17, 15) is 8.42 Å². The van der Waals surface area contributed by atoms with Crippen LogP contribution in [0.1, 0.15) is 25.8 Å². The Balaban J connectivity index is 2.74. The van der Waals surface area contributed by atoms with Crippen LogP contribution in [0.3, 0.4) is 0 Å². The summed E-state index contributed by atoms with van der Waals surface area (Å²) in [4.78, 5) is 0. The van der Waals surface area contributed by atoms with Crippen LogP contribution >= 0.6 is 0 Å². The third kappa shape index (κ3) is 3.30. The van der Waals surface area contributed by atoms with Gasteiger partial charge in [0.05, 0.1) is 10.9 Å². The van der Waals surface area contributed by atoms with Crippen LogP contribution < -0.4 is 11.3 Å². The predicted octanol–water partition coefficient (Wildman–Crippen LogP) is 0.00780. The van der Waals surface area contributed by atoms with Gasteiger partial charge in [0.1, 0.15) is 0 Å². The minimum Gasteiger partial charge on any atom is -0.276 e. The van der Waals surface area contributed by atoms with E-state index in [4.69, 9.17) is 5.84 Å². The molecule has 104 valence electrons. The summed E-state index contributed by atoms with van der Waals surface area (Å²) < 4.78 is 24.3. The molecular weight excluding hydrogens is 252 g/mol. The summed E-state index contributed by atoms with van der Waals surface area (Å²) in [6.45, 7) is 3.38. The summed E-state index contributed by atoms with van der Waals surface area (Å²) in [5.74, 6) is 5.49. The molecule has 7 heteroatoms. The smallest absolute Gasteiger partial charge is 0.154 e. The molecule has 1 aromatic rings. The SMILES string of the molecule is Cn1cc(CCC(NN)C(C)(C)S(C)(=O)=O)cn1. The average molecular weight is 274 g/mol. The second kappa shape index (κ2) is 5.38. The van der Waals surface area contributed by atoms with Gasteiger partial charge in [-0.2, -0.15) is 5.10 Å². The van der Waals surface area contributed by atoms with E-state index in [2.05, 4.69) is 10.5 Å². The number of sulfone groups is 1. The van der Waals surface area contributed by atoms with Gasteiger partial charge in [-0.05, 0) is 32.3 Å². The maximum absolute atomic E-state index is 11.8. The molecule has 0 radical (unpaired) electrons. The number of nitrogens with one attached hydrogen (secondary N) is 1. The fourth-order valence-corrected chi connectivity index (χ4v) is 2.50. The Kier molecular flexibility index (Phi) is 4.52. The molecule has 6 nitrogen and oxygen atoms in total. The van der Waals surface area contributed by atoms with Crippen molar-refractivity contribution in [3.05, 3.63) is 18.0 Å². The average Bonchev–Trinajstić information content (AvgIpc) is 2.63. The van der Waals surface area contributed by atoms with Crippen molar-refractivity contribution in [1.29, 1.82) is 0 Å². The van der Waals surface area contributed by atoms with Crippen LogP contribution in [0.15, 0.2) is 12.4 Å². The Morgan fingerprint density at radius 2 is 2.17 bits per heavy atom. The van der Waals surface area contributed by atoms with E-state index in [1.807, 2.05) is 13.2 Å². The third-order valence-electron chi connectivity index (χ3n) is 3.48. The number of rotatable bonds is 6. The molecule has 18 heavy (non-hydrogen) atoms. The van der Waals surface area contributed by atoms with Gasteiger partial charge in [-0.1, -0.05) is 0 Å². The first-order valence-electron chi connectivity index (χ1n) is 5.81. The molecule has 0 amide bonds. The van der Waals surface area contributed by atoms with Crippen LogP contribution in [-0.4, -0.2) is 35.2 Å². The monoisotopic (exact) mass is 274 g/mol. The number of hydrazine groups is 1. The van der Waals surface area contributed by atoms with E-state index in [0.717, 1.165) is 12.0 Å². The number of aryl methyl sites for hydroxylation is 2. The molecule has 1 aromatic heterocycles. The van der Waals surface area contributed by atoms with Gasteiger partial charge in [0.25, 0.3) is 0 Å². The summed E-state index contributed by atoms with van der Waals surface area (Å²) in [5.41, 5.74) is 3.69. The molecule has 3 N–H and O–H groups in total. The predicted molar refractivity (Wildman–Crippen MR) is 71.6 cm³/mol. The zero-order valence-electron chi connectivity index (χ0n) is 11.3. The van der Waals surface area contributed by atoms with Crippen LogP contribution in [0.5, 0.6) is 0 Å². The van der Waals surface area contributed by atoms with Crippen LogP contribution in [0, 0.1) is 0 Å². The Bertz CT molecular complexity index is 493. The van der Waals surface area contributed by atoms with E-state index in [1.54, 1.807) is 24.7 Å². The molecule has 0 bridgehead atoms. The molecule has 0 spiro atoms. The van der Waals surface area contributed by atoms with Crippen LogP contribution in [0.4, 0.5) is 0 Å².